The third kappa shape index (κ3) is 3.62. The smallest absolute Gasteiger partial charge is 0.254 e. The van der Waals surface area contributed by atoms with Crippen molar-refractivity contribution in [2.45, 2.75) is 32.6 Å². The predicted molar refractivity (Wildman–Crippen MR) is 79.6 cm³/mol. The summed E-state index contributed by atoms with van der Waals surface area (Å²) < 4.78 is 24.7. The number of hydrogen-bond donors (Lipinski definition) is 2. The van der Waals surface area contributed by atoms with Crippen LogP contribution in [0.15, 0.2) is 6.20 Å². The van der Waals surface area contributed by atoms with Crippen molar-refractivity contribution in [1.82, 2.24) is 19.8 Å². The predicted octanol–water partition coefficient (Wildman–Crippen LogP) is 0.473. The van der Waals surface area contributed by atoms with E-state index in [1.54, 1.807) is 0 Å². The van der Waals surface area contributed by atoms with Crippen LogP contribution in [0.5, 0.6) is 0 Å². The molecule has 1 aromatic heterocycles. The van der Waals surface area contributed by atoms with Gasteiger partial charge in [0.25, 0.3) is 5.91 Å². The molecule has 1 amide bonds. The van der Waals surface area contributed by atoms with Crippen LogP contribution in [0.3, 0.4) is 0 Å². The number of carbonyl (C=O) groups is 1. The molecule has 2 heterocycles. The first-order valence-corrected chi connectivity index (χ1v) is 8.62. The van der Waals surface area contributed by atoms with E-state index in [0.29, 0.717) is 31.6 Å². The molecule has 21 heavy (non-hydrogen) atoms. The Hall–Kier alpha value is -1.41. The molecule has 1 aliphatic heterocycles. The molecule has 1 fully saturated rings. The van der Waals surface area contributed by atoms with Gasteiger partial charge in [-0.05, 0) is 6.42 Å². The van der Waals surface area contributed by atoms with Gasteiger partial charge in [-0.3, -0.25) is 9.89 Å². The van der Waals surface area contributed by atoms with E-state index in [4.69, 9.17) is 0 Å². The summed E-state index contributed by atoms with van der Waals surface area (Å²) in [6.07, 6.45) is 2.16. The van der Waals surface area contributed by atoms with Gasteiger partial charge in [-0.1, -0.05) is 20.8 Å². The molecular formula is C13H22N4O3S. The number of rotatable bonds is 4. The molecule has 0 saturated carbocycles. The molecule has 0 radical (unpaired) electrons. The molecule has 0 unspecified atom stereocenters. The highest BCUT2D eigenvalue weighted by atomic mass is 32.2. The van der Waals surface area contributed by atoms with Gasteiger partial charge in [0.15, 0.2) is 0 Å². The van der Waals surface area contributed by atoms with Crippen LogP contribution >= 0.6 is 0 Å². The first-order valence-electron chi connectivity index (χ1n) is 7.02. The number of nitrogens with zero attached hydrogens (tertiary/aromatic N) is 2. The normalized spacial score (nSPS) is 18.8. The Balaban J connectivity index is 1.93. The van der Waals surface area contributed by atoms with Crippen LogP contribution in [-0.2, 0) is 15.4 Å². The average molecular weight is 314 g/mol. The topological polar surface area (TPSA) is 95.2 Å². The van der Waals surface area contributed by atoms with Crippen LogP contribution in [0.4, 0.5) is 0 Å². The van der Waals surface area contributed by atoms with Crippen molar-refractivity contribution >= 4 is 15.9 Å². The minimum absolute atomic E-state index is 0.205. The molecule has 2 rings (SSSR count). The number of aromatic nitrogens is 2. The number of carbonyl (C=O) groups excluding carboxylic acids is 1. The summed E-state index contributed by atoms with van der Waals surface area (Å²) >= 11 is 0. The molecule has 8 heteroatoms. The first-order chi connectivity index (χ1) is 9.72. The van der Waals surface area contributed by atoms with Crippen molar-refractivity contribution in [2.75, 3.05) is 25.4 Å². The van der Waals surface area contributed by atoms with Crippen molar-refractivity contribution in [3.63, 3.8) is 0 Å². The number of sulfonamides is 1. The monoisotopic (exact) mass is 314 g/mol. The summed E-state index contributed by atoms with van der Waals surface area (Å²) in [6.45, 7) is 7.14. The van der Waals surface area contributed by atoms with Gasteiger partial charge in [0, 0.05) is 25.0 Å². The largest absolute Gasteiger partial charge is 0.351 e. The van der Waals surface area contributed by atoms with Gasteiger partial charge < -0.3 is 5.32 Å². The minimum atomic E-state index is -3.11. The SMILES string of the molecule is CC(C)(C)c1[nH]ncc1C(=O)NCCN1CCCS1(=O)=O. The molecule has 118 valence electrons. The van der Waals surface area contributed by atoms with Crippen LogP contribution in [0.1, 0.15) is 43.2 Å². The number of amides is 1. The van der Waals surface area contributed by atoms with Crippen LogP contribution < -0.4 is 5.32 Å². The molecule has 1 aliphatic rings. The summed E-state index contributed by atoms with van der Waals surface area (Å²) in [5.41, 5.74) is 1.07. The van der Waals surface area contributed by atoms with Gasteiger partial charge in [0.1, 0.15) is 0 Å². The molecule has 1 aromatic rings. The quantitative estimate of drug-likeness (QED) is 0.844. The second-order valence-corrected chi connectivity index (χ2v) is 8.32. The maximum atomic E-state index is 12.2. The van der Waals surface area contributed by atoms with E-state index >= 15 is 0 Å². The number of H-pyrrole nitrogens is 1. The van der Waals surface area contributed by atoms with Crippen LogP contribution in [0.25, 0.3) is 0 Å². The fourth-order valence-corrected chi connectivity index (χ4v) is 3.89. The highest BCUT2D eigenvalue weighted by Gasteiger charge is 2.28. The van der Waals surface area contributed by atoms with Crippen molar-refractivity contribution in [2.24, 2.45) is 0 Å². The molecule has 0 spiro atoms. The lowest BCUT2D eigenvalue weighted by molar-refractivity contribution is 0.0949. The lowest BCUT2D eigenvalue weighted by atomic mass is 9.89. The minimum Gasteiger partial charge on any atom is -0.351 e. The molecule has 0 bridgehead atoms. The zero-order valence-corrected chi connectivity index (χ0v) is 13.5. The fourth-order valence-electron chi connectivity index (χ4n) is 2.36. The number of hydrogen-bond acceptors (Lipinski definition) is 4. The molecule has 2 N–H and O–H groups in total. The van der Waals surface area contributed by atoms with Crippen molar-refractivity contribution in [3.05, 3.63) is 17.5 Å². The second kappa shape index (κ2) is 5.76. The molecule has 1 saturated heterocycles. The Morgan fingerprint density at radius 1 is 1.48 bits per heavy atom. The van der Waals surface area contributed by atoms with E-state index in [0.717, 1.165) is 5.69 Å². The summed E-state index contributed by atoms with van der Waals surface area (Å²) in [5, 5.41) is 9.54. The van der Waals surface area contributed by atoms with E-state index in [1.165, 1.54) is 10.5 Å². The highest BCUT2D eigenvalue weighted by Crippen LogP contribution is 2.23. The van der Waals surface area contributed by atoms with Gasteiger partial charge in [0.2, 0.25) is 10.0 Å². The highest BCUT2D eigenvalue weighted by molar-refractivity contribution is 7.89. The summed E-state index contributed by atoms with van der Waals surface area (Å²) in [6, 6.07) is 0. The zero-order valence-electron chi connectivity index (χ0n) is 12.6. The summed E-state index contributed by atoms with van der Waals surface area (Å²) in [5.74, 6) is -0.0260. The van der Waals surface area contributed by atoms with Crippen LogP contribution in [0, 0.1) is 0 Å². The van der Waals surface area contributed by atoms with E-state index in [9.17, 15) is 13.2 Å². The van der Waals surface area contributed by atoms with Gasteiger partial charge in [0.05, 0.1) is 23.2 Å². The van der Waals surface area contributed by atoms with E-state index in [2.05, 4.69) is 15.5 Å². The van der Waals surface area contributed by atoms with Gasteiger partial charge in [-0.15, -0.1) is 0 Å². The lowest BCUT2D eigenvalue weighted by Crippen LogP contribution is -2.36. The van der Waals surface area contributed by atoms with Crippen LogP contribution in [-0.4, -0.2) is 54.2 Å². The fraction of sp³-hybridized carbons (Fsp3) is 0.692. The standard InChI is InChI=1S/C13H22N4O3S/c1-13(2,3)11-10(9-15-16-11)12(18)14-5-7-17-6-4-8-21(17,19)20/h9H,4-8H2,1-3H3,(H,14,18)(H,15,16). The molecule has 0 aromatic carbocycles. The van der Waals surface area contributed by atoms with E-state index in [1.807, 2.05) is 20.8 Å². The Kier molecular flexibility index (Phi) is 4.38. The average Bonchev–Trinajstić information content (AvgIpc) is 2.95. The maximum Gasteiger partial charge on any atom is 0.254 e. The van der Waals surface area contributed by atoms with E-state index < -0.39 is 10.0 Å². The summed E-state index contributed by atoms with van der Waals surface area (Å²) in [4.78, 5) is 12.2. The molecule has 0 aliphatic carbocycles. The van der Waals surface area contributed by atoms with Gasteiger partial charge in [-0.2, -0.15) is 5.10 Å². The van der Waals surface area contributed by atoms with Crippen molar-refractivity contribution < 1.29 is 13.2 Å². The Morgan fingerprint density at radius 3 is 2.76 bits per heavy atom. The van der Waals surface area contributed by atoms with Crippen molar-refractivity contribution in [1.29, 1.82) is 0 Å². The zero-order chi connectivity index (χ0) is 15.7. The maximum absolute atomic E-state index is 12.2. The van der Waals surface area contributed by atoms with Gasteiger partial charge in [-0.25, -0.2) is 12.7 Å². The first kappa shape index (κ1) is 16.0. The number of nitrogens with one attached hydrogen (secondary N) is 2. The molecule has 0 atom stereocenters. The number of aromatic amines is 1. The molecule has 7 nitrogen and oxygen atoms in total. The Labute approximate surface area is 125 Å². The van der Waals surface area contributed by atoms with Gasteiger partial charge >= 0.3 is 0 Å². The second-order valence-electron chi connectivity index (χ2n) is 6.23. The Morgan fingerprint density at radius 2 is 2.19 bits per heavy atom. The van der Waals surface area contributed by atoms with E-state index in [-0.39, 0.29) is 17.1 Å². The Bertz CT molecular complexity index is 616. The van der Waals surface area contributed by atoms with Crippen LogP contribution in [0.2, 0.25) is 0 Å². The lowest BCUT2D eigenvalue weighted by Gasteiger charge is -2.18. The molecular weight excluding hydrogens is 292 g/mol. The summed E-state index contributed by atoms with van der Waals surface area (Å²) in [7, 11) is -3.11. The third-order valence-electron chi connectivity index (χ3n) is 3.48. The third-order valence-corrected chi connectivity index (χ3v) is 5.44. The van der Waals surface area contributed by atoms with Crippen molar-refractivity contribution in [3.8, 4) is 0 Å².